The Kier molecular flexibility index (Phi) is 4.04. The summed E-state index contributed by atoms with van der Waals surface area (Å²) in [6, 6.07) is 0. The highest BCUT2D eigenvalue weighted by Crippen LogP contribution is 2.35. The van der Waals surface area contributed by atoms with Crippen molar-refractivity contribution >= 4 is 0 Å². The number of hydrogen-bond acceptors (Lipinski definition) is 1. The molecule has 0 aromatic carbocycles. The van der Waals surface area contributed by atoms with Crippen LogP contribution in [0.15, 0.2) is 0 Å². The Bertz CT molecular complexity index is 188. The molecule has 1 nitrogen and oxygen atoms in total. The first-order valence-electron chi connectivity index (χ1n) is 5.58. The summed E-state index contributed by atoms with van der Waals surface area (Å²) in [5.41, 5.74) is -0.583. The van der Waals surface area contributed by atoms with Crippen molar-refractivity contribution in [2.24, 2.45) is 5.92 Å². The lowest BCUT2D eigenvalue weighted by Gasteiger charge is -2.33. The highest BCUT2D eigenvalue weighted by atomic mass is 19.4. The summed E-state index contributed by atoms with van der Waals surface area (Å²) in [6.07, 6.45) is -0.616. The van der Waals surface area contributed by atoms with Crippen LogP contribution in [0.3, 0.4) is 0 Å². The minimum absolute atomic E-state index is 0.232. The molecule has 1 fully saturated rings. The van der Waals surface area contributed by atoms with Gasteiger partial charge in [0.15, 0.2) is 0 Å². The van der Waals surface area contributed by atoms with Gasteiger partial charge in [-0.1, -0.05) is 6.42 Å². The van der Waals surface area contributed by atoms with Crippen molar-refractivity contribution in [3.63, 3.8) is 0 Å². The second-order valence-electron chi connectivity index (χ2n) is 4.95. The van der Waals surface area contributed by atoms with Crippen molar-refractivity contribution in [2.75, 3.05) is 0 Å². The summed E-state index contributed by atoms with van der Waals surface area (Å²) in [5.74, 6) is 0.382. The molecule has 0 unspecified atom stereocenters. The molecule has 4 heteroatoms. The number of aliphatic hydroxyl groups is 1. The zero-order chi connectivity index (χ0) is 11.5. The molecule has 1 saturated carbocycles. The Balaban J connectivity index is 2.14. The fourth-order valence-corrected chi connectivity index (χ4v) is 2.18. The molecule has 90 valence electrons. The molecule has 1 aliphatic carbocycles. The summed E-state index contributed by atoms with van der Waals surface area (Å²) in [5, 5.41) is 9.67. The number of rotatable bonds is 3. The maximum atomic E-state index is 11.9. The number of halogens is 3. The average molecular weight is 224 g/mol. The summed E-state index contributed by atoms with van der Waals surface area (Å²) in [4.78, 5) is 0. The minimum Gasteiger partial charge on any atom is -0.390 e. The van der Waals surface area contributed by atoms with Crippen molar-refractivity contribution in [2.45, 2.75) is 63.6 Å². The van der Waals surface area contributed by atoms with Crippen LogP contribution >= 0.6 is 0 Å². The van der Waals surface area contributed by atoms with Gasteiger partial charge in [0, 0.05) is 6.42 Å². The van der Waals surface area contributed by atoms with Crippen molar-refractivity contribution in [3.05, 3.63) is 0 Å². The van der Waals surface area contributed by atoms with E-state index in [4.69, 9.17) is 0 Å². The second-order valence-corrected chi connectivity index (χ2v) is 4.95. The van der Waals surface area contributed by atoms with E-state index in [1.165, 1.54) is 0 Å². The summed E-state index contributed by atoms with van der Waals surface area (Å²) >= 11 is 0. The van der Waals surface area contributed by atoms with E-state index < -0.39 is 18.2 Å². The Hall–Kier alpha value is -0.250. The summed E-state index contributed by atoms with van der Waals surface area (Å²) < 4.78 is 35.7. The van der Waals surface area contributed by atoms with E-state index in [-0.39, 0.29) is 6.42 Å². The molecule has 0 amide bonds. The summed E-state index contributed by atoms with van der Waals surface area (Å²) in [6.45, 7) is 1.80. The number of hydrogen-bond donors (Lipinski definition) is 1. The molecular formula is C11H19F3O. The fourth-order valence-electron chi connectivity index (χ4n) is 2.18. The molecule has 0 aromatic rings. The van der Waals surface area contributed by atoms with Gasteiger partial charge in [-0.25, -0.2) is 0 Å². The van der Waals surface area contributed by atoms with Gasteiger partial charge >= 0.3 is 6.18 Å². The fraction of sp³-hybridized carbons (Fsp3) is 1.00. The first kappa shape index (κ1) is 12.8. The standard InChI is InChI=1S/C11H19F3O/c1-10(15)7-4-9(5-8-10)3-2-6-11(12,13)14/h9,15H,2-8H2,1H3. The van der Waals surface area contributed by atoms with Crippen LogP contribution < -0.4 is 0 Å². The van der Waals surface area contributed by atoms with Crippen molar-refractivity contribution < 1.29 is 18.3 Å². The maximum Gasteiger partial charge on any atom is 0.389 e. The van der Waals surface area contributed by atoms with Gasteiger partial charge in [0.25, 0.3) is 0 Å². The van der Waals surface area contributed by atoms with Crippen molar-refractivity contribution in [1.29, 1.82) is 0 Å². The van der Waals surface area contributed by atoms with Crippen LogP contribution in [0.1, 0.15) is 51.9 Å². The van der Waals surface area contributed by atoms with Gasteiger partial charge < -0.3 is 5.11 Å². The summed E-state index contributed by atoms with van der Waals surface area (Å²) in [7, 11) is 0. The minimum atomic E-state index is -4.01. The van der Waals surface area contributed by atoms with E-state index >= 15 is 0 Å². The lowest BCUT2D eigenvalue weighted by Crippen LogP contribution is -2.30. The van der Waals surface area contributed by atoms with Gasteiger partial charge in [-0.15, -0.1) is 0 Å². The molecule has 0 saturated heterocycles. The van der Waals surface area contributed by atoms with Gasteiger partial charge in [-0.2, -0.15) is 13.2 Å². The Morgan fingerprint density at radius 2 is 1.80 bits per heavy atom. The third kappa shape index (κ3) is 5.40. The first-order chi connectivity index (χ1) is 6.79. The van der Waals surface area contributed by atoms with E-state index in [2.05, 4.69) is 0 Å². The van der Waals surface area contributed by atoms with Crippen LogP contribution in [0.2, 0.25) is 0 Å². The molecule has 0 aliphatic heterocycles. The monoisotopic (exact) mass is 224 g/mol. The van der Waals surface area contributed by atoms with Gasteiger partial charge in [-0.3, -0.25) is 0 Å². The molecule has 15 heavy (non-hydrogen) atoms. The van der Waals surface area contributed by atoms with Crippen LogP contribution in [0.25, 0.3) is 0 Å². The van der Waals surface area contributed by atoms with Crippen molar-refractivity contribution in [3.8, 4) is 0 Å². The van der Waals surface area contributed by atoms with Crippen molar-refractivity contribution in [1.82, 2.24) is 0 Å². The van der Waals surface area contributed by atoms with Gasteiger partial charge in [0.2, 0.25) is 0 Å². The molecule has 0 atom stereocenters. The van der Waals surface area contributed by atoms with Crippen LogP contribution in [0.5, 0.6) is 0 Å². The zero-order valence-corrected chi connectivity index (χ0v) is 9.11. The predicted molar refractivity (Wildman–Crippen MR) is 52.5 cm³/mol. The second kappa shape index (κ2) is 4.73. The Morgan fingerprint density at radius 3 is 2.27 bits per heavy atom. The Labute approximate surface area is 88.7 Å². The van der Waals surface area contributed by atoms with Gasteiger partial charge in [-0.05, 0) is 44.9 Å². The van der Waals surface area contributed by atoms with E-state index in [1.54, 1.807) is 6.92 Å². The molecular weight excluding hydrogens is 205 g/mol. The third-order valence-electron chi connectivity index (χ3n) is 3.25. The van der Waals surface area contributed by atoms with Gasteiger partial charge in [0.05, 0.1) is 5.60 Å². The molecule has 1 N–H and O–H groups in total. The molecule has 0 aromatic heterocycles. The Morgan fingerprint density at radius 1 is 1.27 bits per heavy atom. The lowest BCUT2D eigenvalue weighted by molar-refractivity contribution is -0.136. The molecule has 1 aliphatic rings. The van der Waals surface area contributed by atoms with E-state index in [9.17, 15) is 18.3 Å². The predicted octanol–water partition coefficient (Wildman–Crippen LogP) is 3.66. The molecule has 0 heterocycles. The van der Waals surface area contributed by atoms with Crippen LogP contribution in [0, 0.1) is 5.92 Å². The highest BCUT2D eigenvalue weighted by Gasteiger charge is 2.30. The molecule has 0 spiro atoms. The SMILES string of the molecule is CC1(O)CCC(CCCC(F)(F)F)CC1. The van der Waals surface area contributed by atoms with E-state index in [0.29, 0.717) is 12.3 Å². The smallest absolute Gasteiger partial charge is 0.389 e. The quantitative estimate of drug-likeness (QED) is 0.775. The molecule has 0 radical (unpaired) electrons. The first-order valence-corrected chi connectivity index (χ1v) is 5.58. The molecule has 1 rings (SSSR count). The largest absolute Gasteiger partial charge is 0.390 e. The molecule has 0 bridgehead atoms. The van der Waals surface area contributed by atoms with Crippen LogP contribution in [0.4, 0.5) is 13.2 Å². The van der Waals surface area contributed by atoms with E-state index in [0.717, 1.165) is 25.7 Å². The van der Waals surface area contributed by atoms with Gasteiger partial charge in [0.1, 0.15) is 0 Å². The average Bonchev–Trinajstić information content (AvgIpc) is 2.06. The third-order valence-corrected chi connectivity index (χ3v) is 3.25. The highest BCUT2D eigenvalue weighted by molar-refractivity contribution is 4.81. The number of alkyl halides is 3. The van der Waals surface area contributed by atoms with Crippen LogP contribution in [-0.2, 0) is 0 Å². The van der Waals surface area contributed by atoms with E-state index in [1.807, 2.05) is 0 Å². The van der Waals surface area contributed by atoms with Crippen LogP contribution in [-0.4, -0.2) is 16.9 Å². The normalized spacial score (nSPS) is 33.0. The maximum absolute atomic E-state index is 11.9. The zero-order valence-electron chi connectivity index (χ0n) is 9.11. The lowest BCUT2D eigenvalue weighted by atomic mass is 9.78. The topological polar surface area (TPSA) is 20.2 Å².